The van der Waals surface area contributed by atoms with Gasteiger partial charge in [0, 0.05) is 28.2 Å². The molecule has 0 saturated heterocycles. The molecule has 0 aliphatic rings. The van der Waals surface area contributed by atoms with Crippen molar-refractivity contribution in [3.05, 3.63) is 53.6 Å². The third-order valence-electron chi connectivity index (χ3n) is 4.22. The first-order chi connectivity index (χ1) is 14.2. The van der Waals surface area contributed by atoms with Gasteiger partial charge >= 0.3 is 0 Å². The number of aryl methyl sites for hydroxylation is 1. The van der Waals surface area contributed by atoms with Crippen molar-refractivity contribution in [2.24, 2.45) is 5.92 Å². The third-order valence-corrected chi connectivity index (χ3v) is 5.29. The van der Waals surface area contributed by atoms with Gasteiger partial charge in [-0.3, -0.25) is 14.4 Å². The van der Waals surface area contributed by atoms with Crippen molar-refractivity contribution in [1.82, 2.24) is 5.32 Å². The highest BCUT2D eigenvalue weighted by atomic mass is 32.2. The maximum atomic E-state index is 12.9. The van der Waals surface area contributed by atoms with Crippen LogP contribution < -0.4 is 16.0 Å². The monoisotopic (exact) mass is 427 g/mol. The molecule has 7 heteroatoms. The predicted molar refractivity (Wildman–Crippen MR) is 123 cm³/mol. The van der Waals surface area contributed by atoms with E-state index in [1.54, 1.807) is 18.2 Å². The second-order valence-corrected chi connectivity index (χ2v) is 8.65. The predicted octanol–water partition coefficient (Wildman–Crippen LogP) is 4.46. The van der Waals surface area contributed by atoms with Gasteiger partial charge in [0.05, 0.1) is 11.3 Å². The minimum Gasteiger partial charge on any atom is -0.353 e. The van der Waals surface area contributed by atoms with Crippen LogP contribution in [0.1, 0.15) is 43.6 Å². The van der Waals surface area contributed by atoms with Crippen LogP contribution in [0.25, 0.3) is 0 Å². The summed E-state index contributed by atoms with van der Waals surface area (Å²) in [6.45, 7) is 9.35. The highest BCUT2D eigenvalue weighted by Gasteiger charge is 2.15. The maximum Gasteiger partial charge on any atom is 0.256 e. The van der Waals surface area contributed by atoms with Crippen LogP contribution in [0.5, 0.6) is 0 Å². The summed E-state index contributed by atoms with van der Waals surface area (Å²) in [5.74, 6) is -0.329. The molecule has 0 atom stereocenters. The number of hydrogen-bond donors (Lipinski definition) is 3. The zero-order chi connectivity index (χ0) is 22.3. The summed E-state index contributed by atoms with van der Waals surface area (Å²) < 4.78 is 0. The molecule has 0 heterocycles. The molecule has 0 aromatic heterocycles. The Hall–Kier alpha value is -2.80. The van der Waals surface area contributed by atoms with Crippen molar-refractivity contribution in [1.29, 1.82) is 0 Å². The molecule has 2 rings (SSSR count). The van der Waals surface area contributed by atoms with Crippen molar-refractivity contribution in [3.63, 3.8) is 0 Å². The Bertz CT molecular complexity index is 926. The minimum atomic E-state index is -0.266. The van der Waals surface area contributed by atoms with Crippen molar-refractivity contribution in [3.8, 4) is 0 Å². The molecule has 0 fully saturated rings. The third kappa shape index (κ3) is 6.91. The SMILES string of the molecule is Cc1ccc(NC(=O)C(C)C)cc1NC(=O)c1ccccc1SCC(=O)NC(C)C. The van der Waals surface area contributed by atoms with Crippen LogP contribution >= 0.6 is 11.8 Å². The molecule has 2 aromatic rings. The quantitative estimate of drug-likeness (QED) is 0.543. The zero-order valence-corrected chi connectivity index (χ0v) is 18.9. The summed E-state index contributed by atoms with van der Waals surface area (Å²) in [6, 6.07) is 12.7. The summed E-state index contributed by atoms with van der Waals surface area (Å²) in [6.07, 6.45) is 0. The molecule has 0 aliphatic heterocycles. The van der Waals surface area contributed by atoms with E-state index in [2.05, 4.69) is 16.0 Å². The lowest BCUT2D eigenvalue weighted by Crippen LogP contribution is -2.31. The molecule has 0 aliphatic carbocycles. The summed E-state index contributed by atoms with van der Waals surface area (Å²) in [7, 11) is 0. The lowest BCUT2D eigenvalue weighted by Gasteiger charge is -2.14. The number of nitrogens with one attached hydrogen (secondary N) is 3. The Morgan fingerprint density at radius 1 is 0.967 bits per heavy atom. The molecule has 0 unspecified atom stereocenters. The summed E-state index contributed by atoms with van der Waals surface area (Å²) in [5.41, 5.74) is 2.63. The normalized spacial score (nSPS) is 10.8. The van der Waals surface area contributed by atoms with Crippen molar-refractivity contribution in [2.75, 3.05) is 16.4 Å². The fraction of sp³-hybridized carbons (Fsp3) is 0.348. The van der Waals surface area contributed by atoms with Gasteiger partial charge in [-0.25, -0.2) is 0 Å². The van der Waals surface area contributed by atoms with Crippen LogP contribution in [0.15, 0.2) is 47.4 Å². The molecular formula is C23H29N3O3S. The number of anilines is 2. The molecule has 30 heavy (non-hydrogen) atoms. The highest BCUT2D eigenvalue weighted by molar-refractivity contribution is 8.00. The first-order valence-electron chi connectivity index (χ1n) is 9.91. The van der Waals surface area contributed by atoms with E-state index in [-0.39, 0.29) is 35.4 Å². The molecule has 3 N–H and O–H groups in total. The van der Waals surface area contributed by atoms with Gasteiger partial charge in [0.1, 0.15) is 0 Å². The molecule has 3 amide bonds. The van der Waals surface area contributed by atoms with Gasteiger partial charge in [0.15, 0.2) is 0 Å². The molecular weight excluding hydrogens is 398 g/mol. The number of hydrogen-bond acceptors (Lipinski definition) is 4. The first-order valence-corrected chi connectivity index (χ1v) is 10.9. The van der Waals surface area contributed by atoms with Gasteiger partial charge in [-0.1, -0.05) is 32.0 Å². The van der Waals surface area contributed by atoms with Crippen LogP contribution in [0.2, 0.25) is 0 Å². The largest absolute Gasteiger partial charge is 0.353 e. The molecule has 2 aromatic carbocycles. The average Bonchev–Trinajstić information content (AvgIpc) is 2.68. The molecule has 0 saturated carbocycles. The van der Waals surface area contributed by atoms with E-state index < -0.39 is 0 Å². The van der Waals surface area contributed by atoms with E-state index in [0.29, 0.717) is 16.9 Å². The zero-order valence-electron chi connectivity index (χ0n) is 18.0. The Kier molecular flexibility index (Phi) is 8.47. The molecule has 6 nitrogen and oxygen atoms in total. The van der Waals surface area contributed by atoms with E-state index >= 15 is 0 Å². The molecule has 0 bridgehead atoms. The fourth-order valence-electron chi connectivity index (χ4n) is 2.60. The number of thioether (sulfide) groups is 1. The van der Waals surface area contributed by atoms with Crippen LogP contribution in [-0.2, 0) is 9.59 Å². The Labute approximate surface area is 182 Å². The molecule has 0 radical (unpaired) electrons. The Balaban J connectivity index is 2.14. The number of carbonyl (C=O) groups is 3. The average molecular weight is 428 g/mol. The van der Waals surface area contributed by atoms with Crippen molar-refractivity contribution in [2.45, 2.75) is 45.6 Å². The number of carbonyl (C=O) groups excluding carboxylic acids is 3. The number of rotatable bonds is 8. The Morgan fingerprint density at radius 2 is 1.67 bits per heavy atom. The fourth-order valence-corrected chi connectivity index (χ4v) is 3.46. The van der Waals surface area contributed by atoms with Gasteiger partial charge < -0.3 is 16.0 Å². The van der Waals surface area contributed by atoms with Crippen LogP contribution in [0.3, 0.4) is 0 Å². The number of benzene rings is 2. The topological polar surface area (TPSA) is 87.3 Å². The Morgan fingerprint density at radius 3 is 2.33 bits per heavy atom. The highest BCUT2D eigenvalue weighted by Crippen LogP contribution is 2.26. The van der Waals surface area contributed by atoms with E-state index in [9.17, 15) is 14.4 Å². The van der Waals surface area contributed by atoms with Crippen LogP contribution in [0.4, 0.5) is 11.4 Å². The van der Waals surface area contributed by atoms with Crippen LogP contribution in [0, 0.1) is 12.8 Å². The maximum absolute atomic E-state index is 12.9. The van der Waals surface area contributed by atoms with Gasteiger partial charge in [0.2, 0.25) is 11.8 Å². The second kappa shape index (κ2) is 10.8. The van der Waals surface area contributed by atoms with Gasteiger partial charge in [-0.2, -0.15) is 0 Å². The van der Waals surface area contributed by atoms with Crippen molar-refractivity contribution >= 4 is 40.9 Å². The van der Waals surface area contributed by atoms with Gasteiger partial charge in [-0.05, 0) is 50.6 Å². The molecule has 0 spiro atoms. The number of amides is 3. The standard InChI is InChI=1S/C23H29N3O3S/c1-14(2)22(28)25-17-11-10-16(5)19(12-17)26-23(29)18-8-6-7-9-20(18)30-13-21(27)24-15(3)4/h6-12,14-15H,13H2,1-5H3,(H,24,27)(H,25,28)(H,26,29). The van der Waals surface area contributed by atoms with E-state index in [0.717, 1.165) is 10.5 Å². The lowest BCUT2D eigenvalue weighted by molar-refractivity contribution is -0.119. The van der Waals surface area contributed by atoms with E-state index in [1.807, 2.05) is 58.9 Å². The van der Waals surface area contributed by atoms with Gasteiger partial charge in [-0.15, -0.1) is 11.8 Å². The molecule has 160 valence electrons. The lowest BCUT2D eigenvalue weighted by atomic mass is 10.1. The van der Waals surface area contributed by atoms with E-state index in [1.165, 1.54) is 11.8 Å². The van der Waals surface area contributed by atoms with Crippen LogP contribution in [-0.4, -0.2) is 29.5 Å². The van der Waals surface area contributed by atoms with Gasteiger partial charge in [0.25, 0.3) is 5.91 Å². The summed E-state index contributed by atoms with van der Waals surface area (Å²) in [4.78, 5) is 37.6. The first kappa shape index (κ1) is 23.5. The van der Waals surface area contributed by atoms with E-state index in [4.69, 9.17) is 0 Å². The minimum absolute atomic E-state index is 0.0723. The smallest absolute Gasteiger partial charge is 0.256 e. The summed E-state index contributed by atoms with van der Waals surface area (Å²) in [5, 5.41) is 8.61. The second-order valence-electron chi connectivity index (χ2n) is 7.63. The van der Waals surface area contributed by atoms with Crippen molar-refractivity contribution < 1.29 is 14.4 Å². The summed E-state index contributed by atoms with van der Waals surface area (Å²) >= 11 is 1.33.